The maximum atomic E-state index is 9.95. The first kappa shape index (κ1) is 12.1. The smallest absolute Gasteiger partial charge is 0.138 e. The minimum absolute atomic E-state index is 0.342. The summed E-state index contributed by atoms with van der Waals surface area (Å²) in [5, 5.41) is 14.1. The molecule has 0 saturated heterocycles. The lowest BCUT2D eigenvalue weighted by molar-refractivity contribution is 0.162. The highest BCUT2D eigenvalue weighted by Gasteiger charge is 2.12. The third kappa shape index (κ3) is 2.45. The van der Waals surface area contributed by atoms with Gasteiger partial charge < -0.3 is 14.8 Å². The molecule has 0 aliphatic heterocycles. The first-order valence-corrected chi connectivity index (χ1v) is 6.72. The molecule has 0 aromatic carbocycles. The van der Waals surface area contributed by atoms with Crippen molar-refractivity contribution in [2.75, 3.05) is 11.9 Å². The van der Waals surface area contributed by atoms with E-state index < -0.39 is 6.10 Å². The second-order valence-electron chi connectivity index (χ2n) is 4.21. The van der Waals surface area contributed by atoms with Gasteiger partial charge in [0.05, 0.1) is 11.6 Å². The SMILES string of the molecule is Cc1cc2c(NCC(O)c3ccco3)ncnc2s1. The van der Waals surface area contributed by atoms with Crippen molar-refractivity contribution in [2.24, 2.45) is 0 Å². The Hall–Kier alpha value is -1.92. The predicted octanol–water partition coefficient (Wildman–Crippen LogP) is 2.74. The summed E-state index contributed by atoms with van der Waals surface area (Å²) >= 11 is 1.63. The molecule has 0 bridgehead atoms. The maximum absolute atomic E-state index is 9.95. The largest absolute Gasteiger partial charge is 0.467 e. The summed E-state index contributed by atoms with van der Waals surface area (Å²) in [6.45, 7) is 2.38. The highest BCUT2D eigenvalue weighted by Crippen LogP contribution is 2.27. The van der Waals surface area contributed by atoms with E-state index in [1.807, 2.05) is 13.0 Å². The van der Waals surface area contributed by atoms with Gasteiger partial charge in [-0.3, -0.25) is 0 Å². The first-order valence-electron chi connectivity index (χ1n) is 5.90. The molecule has 5 nitrogen and oxygen atoms in total. The van der Waals surface area contributed by atoms with Crippen LogP contribution in [0.15, 0.2) is 35.2 Å². The van der Waals surface area contributed by atoms with E-state index in [2.05, 4.69) is 15.3 Å². The van der Waals surface area contributed by atoms with Gasteiger partial charge in [-0.2, -0.15) is 0 Å². The van der Waals surface area contributed by atoms with E-state index in [0.29, 0.717) is 12.3 Å². The summed E-state index contributed by atoms with van der Waals surface area (Å²) in [6.07, 6.45) is 2.38. The molecule has 19 heavy (non-hydrogen) atoms. The number of aryl methyl sites for hydroxylation is 1. The average Bonchev–Trinajstić information content (AvgIpc) is 3.03. The number of anilines is 1. The Kier molecular flexibility index (Phi) is 3.18. The molecule has 0 spiro atoms. The van der Waals surface area contributed by atoms with Crippen LogP contribution < -0.4 is 5.32 Å². The maximum Gasteiger partial charge on any atom is 0.138 e. The lowest BCUT2D eigenvalue weighted by Crippen LogP contribution is -2.12. The summed E-state index contributed by atoms with van der Waals surface area (Å²) in [5.41, 5.74) is 0. The average molecular weight is 275 g/mol. The van der Waals surface area contributed by atoms with E-state index in [1.54, 1.807) is 29.7 Å². The number of thiophene rings is 1. The Morgan fingerprint density at radius 3 is 3.16 bits per heavy atom. The molecule has 0 fully saturated rings. The summed E-state index contributed by atoms with van der Waals surface area (Å²) in [4.78, 5) is 10.6. The Bertz CT molecular complexity index is 678. The fourth-order valence-corrected chi connectivity index (χ4v) is 2.74. The lowest BCUT2D eigenvalue weighted by Gasteiger charge is -2.10. The zero-order valence-electron chi connectivity index (χ0n) is 10.3. The van der Waals surface area contributed by atoms with Crippen LogP contribution in [-0.2, 0) is 0 Å². The minimum Gasteiger partial charge on any atom is -0.467 e. The Labute approximate surface area is 113 Å². The van der Waals surface area contributed by atoms with Crippen LogP contribution in [0, 0.1) is 6.92 Å². The monoisotopic (exact) mass is 275 g/mol. The van der Waals surface area contributed by atoms with Crippen LogP contribution in [0.5, 0.6) is 0 Å². The van der Waals surface area contributed by atoms with Gasteiger partial charge in [0.15, 0.2) is 0 Å². The van der Waals surface area contributed by atoms with Crippen LogP contribution in [0.2, 0.25) is 0 Å². The molecule has 2 N–H and O–H groups in total. The number of furan rings is 1. The summed E-state index contributed by atoms with van der Waals surface area (Å²) in [7, 11) is 0. The zero-order chi connectivity index (χ0) is 13.2. The predicted molar refractivity (Wildman–Crippen MR) is 74.3 cm³/mol. The second-order valence-corrected chi connectivity index (χ2v) is 5.45. The normalized spacial score (nSPS) is 12.7. The van der Waals surface area contributed by atoms with Gasteiger partial charge in [-0.15, -0.1) is 11.3 Å². The van der Waals surface area contributed by atoms with Crippen LogP contribution >= 0.6 is 11.3 Å². The number of aliphatic hydroxyl groups is 1. The molecule has 3 aromatic rings. The number of nitrogens with zero attached hydrogens (tertiary/aromatic N) is 2. The molecular weight excluding hydrogens is 262 g/mol. The third-order valence-electron chi connectivity index (χ3n) is 2.79. The van der Waals surface area contributed by atoms with E-state index in [9.17, 15) is 5.11 Å². The molecule has 1 unspecified atom stereocenters. The van der Waals surface area contributed by atoms with Crippen LogP contribution in [0.3, 0.4) is 0 Å². The second kappa shape index (κ2) is 4.99. The Morgan fingerprint density at radius 1 is 1.47 bits per heavy atom. The Morgan fingerprint density at radius 2 is 2.37 bits per heavy atom. The molecule has 1 atom stereocenters. The molecule has 6 heteroatoms. The van der Waals surface area contributed by atoms with Crippen LogP contribution in [0.1, 0.15) is 16.7 Å². The number of fused-ring (bicyclic) bond motifs is 1. The molecule has 0 aliphatic carbocycles. The highest BCUT2D eigenvalue weighted by atomic mass is 32.1. The number of rotatable bonds is 4. The van der Waals surface area contributed by atoms with Crippen LogP contribution in [0.25, 0.3) is 10.2 Å². The van der Waals surface area contributed by atoms with E-state index >= 15 is 0 Å². The van der Waals surface area contributed by atoms with Crippen molar-refractivity contribution in [3.8, 4) is 0 Å². The molecule has 98 valence electrons. The molecule has 0 amide bonds. The van der Waals surface area contributed by atoms with E-state index in [1.165, 1.54) is 11.2 Å². The molecule has 3 rings (SSSR count). The molecule has 3 heterocycles. The van der Waals surface area contributed by atoms with Crippen molar-refractivity contribution in [3.63, 3.8) is 0 Å². The summed E-state index contributed by atoms with van der Waals surface area (Å²) in [6, 6.07) is 5.54. The lowest BCUT2D eigenvalue weighted by atomic mass is 10.2. The topological polar surface area (TPSA) is 71.2 Å². The summed E-state index contributed by atoms with van der Waals surface area (Å²) in [5.74, 6) is 1.28. The number of hydrogen-bond donors (Lipinski definition) is 2. The van der Waals surface area contributed by atoms with E-state index in [0.717, 1.165) is 16.0 Å². The van der Waals surface area contributed by atoms with Crippen LogP contribution in [-0.4, -0.2) is 21.6 Å². The molecule has 0 radical (unpaired) electrons. The van der Waals surface area contributed by atoms with Crippen molar-refractivity contribution >= 4 is 27.4 Å². The third-order valence-corrected chi connectivity index (χ3v) is 3.75. The molecular formula is C13H13N3O2S. The zero-order valence-corrected chi connectivity index (χ0v) is 11.1. The van der Waals surface area contributed by atoms with Gasteiger partial charge in [-0.05, 0) is 25.1 Å². The molecule has 0 aliphatic rings. The van der Waals surface area contributed by atoms with Crippen molar-refractivity contribution in [1.29, 1.82) is 0 Å². The van der Waals surface area contributed by atoms with Crippen molar-refractivity contribution in [3.05, 3.63) is 41.4 Å². The number of hydrogen-bond acceptors (Lipinski definition) is 6. The number of aliphatic hydroxyl groups excluding tert-OH is 1. The van der Waals surface area contributed by atoms with Crippen molar-refractivity contribution < 1.29 is 9.52 Å². The Balaban J connectivity index is 1.78. The summed E-state index contributed by atoms with van der Waals surface area (Å²) < 4.78 is 5.15. The standard InChI is InChI=1S/C13H13N3O2S/c1-8-5-9-12(15-7-16-13(9)19-8)14-6-10(17)11-3-2-4-18-11/h2-5,7,10,17H,6H2,1H3,(H,14,15,16). The quantitative estimate of drug-likeness (QED) is 0.766. The van der Waals surface area contributed by atoms with Crippen LogP contribution in [0.4, 0.5) is 5.82 Å². The minimum atomic E-state index is -0.695. The molecule has 3 aromatic heterocycles. The van der Waals surface area contributed by atoms with Crippen molar-refractivity contribution in [1.82, 2.24) is 9.97 Å². The number of nitrogens with one attached hydrogen (secondary N) is 1. The van der Waals surface area contributed by atoms with Gasteiger partial charge in [-0.25, -0.2) is 9.97 Å². The molecule has 0 saturated carbocycles. The van der Waals surface area contributed by atoms with E-state index in [4.69, 9.17) is 4.42 Å². The van der Waals surface area contributed by atoms with Crippen molar-refractivity contribution in [2.45, 2.75) is 13.0 Å². The van der Waals surface area contributed by atoms with Gasteiger partial charge in [0.25, 0.3) is 0 Å². The van der Waals surface area contributed by atoms with E-state index in [-0.39, 0.29) is 0 Å². The van der Waals surface area contributed by atoms with Gasteiger partial charge in [-0.1, -0.05) is 0 Å². The van der Waals surface area contributed by atoms with Gasteiger partial charge >= 0.3 is 0 Å². The fraction of sp³-hybridized carbons (Fsp3) is 0.231. The highest BCUT2D eigenvalue weighted by molar-refractivity contribution is 7.18. The number of aromatic nitrogens is 2. The van der Waals surface area contributed by atoms with Gasteiger partial charge in [0, 0.05) is 11.4 Å². The van der Waals surface area contributed by atoms with Gasteiger partial charge in [0.1, 0.15) is 28.8 Å². The fourth-order valence-electron chi connectivity index (χ4n) is 1.89. The van der Waals surface area contributed by atoms with Gasteiger partial charge in [0.2, 0.25) is 0 Å². The first-order chi connectivity index (χ1) is 9.24.